The maximum atomic E-state index is 12.2. The Morgan fingerprint density at radius 2 is 1.48 bits per heavy atom. The van der Waals surface area contributed by atoms with Gasteiger partial charge in [0.2, 0.25) is 6.54 Å². The molecule has 0 aliphatic carbocycles. The molecule has 1 aromatic heterocycles. The summed E-state index contributed by atoms with van der Waals surface area (Å²) in [7, 11) is 6.43. The van der Waals surface area contributed by atoms with Gasteiger partial charge in [-0.15, -0.1) is 0 Å². The monoisotopic (exact) mass is 426 g/mol. The quantitative estimate of drug-likeness (QED) is 0.386. The molecule has 1 heterocycles. The number of rotatable bonds is 9. The lowest BCUT2D eigenvalue weighted by atomic mass is 10.0. The lowest BCUT2D eigenvalue weighted by molar-refractivity contribution is -0.691. The van der Waals surface area contributed by atoms with Gasteiger partial charge in [0, 0.05) is 6.07 Å². The van der Waals surface area contributed by atoms with Gasteiger partial charge in [0.1, 0.15) is 0 Å². The molecule has 164 valence electrons. The van der Waals surface area contributed by atoms with E-state index in [1.54, 1.807) is 35.4 Å². The maximum Gasteiger partial charge on any atom is 0.372 e. The van der Waals surface area contributed by atoms with Gasteiger partial charge < -0.3 is 23.7 Å². The Hall–Kier alpha value is -3.48. The van der Waals surface area contributed by atoms with E-state index in [4.69, 9.17) is 23.7 Å². The highest BCUT2D eigenvalue weighted by atomic mass is 16.5. The van der Waals surface area contributed by atoms with Crippen LogP contribution in [0.4, 0.5) is 0 Å². The first-order chi connectivity index (χ1) is 15.0. The third kappa shape index (κ3) is 4.82. The van der Waals surface area contributed by atoms with Crippen LogP contribution in [0, 0.1) is 0 Å². The van der Waals surface area contributed by atoms with Crippen molar-refractivity contribution in [3.63, 3.8) is 0 Å². The number of aromatic nitrogens is 1. The molecular formula is C24H28NO6+. The highest BCUT2D eigenvalue weighted by molar-refractivity contribution is 5.87. The van der Waals surface area contributed by atoms with Gasteiger partial charge in [-0.25, -0.2) is 4.79 Å². The molecule has 31 heavy (non-hydrogen) atoms. The van der Waals surface area contributed by atoms with Gasteiger partial charge in [-0.2, -0.15) is 4.57 Å². The van der Waals surface area contributed by atoms with Gasteiger partial charge in [-0.1, -0.05) is 6.07 Å². The molecule has 0 aliphatic rings. The number of nitrogens with zero attached hydrogens (tertiary/aromatic N) is 1. The van der Waals surface area contributed by atoms with E-state index < -0.39 is 0 Å². The Balaban J connectivity index is 2.15. The van der Waals surface area contributed by atoms with E-state index in [1.165, 1.54) is 0 Å². The second-order valence-corrected chi connectivity index (χ2v) is 6.86. The molecule has 0 radical (unpaired) electrons. The molecule has 3 rings (SSSR count). The lowest BCUT2D eigenvalue weighted by Crippen LogP contribution is -2.42. The van der Waals surface area contributed by atoms with Crippen LogP contribution in [-0.2, 0) is 22.5 Å². The number of methoxy groups -OCH3 is 4. The first-order valence-electron chi connectivity index (χ1n) is 9.98. The molecule has 0 bridgehead atoms. The van der Waals surface area contributed by atoms with E-state index in [0.717, 1.165) is 22.0 Å². The van der Waals surface area contributed by atoms with Crippen LogP contribution in [0.25, 0.3) is 10.8 Å². The van der Waals surface area contributed by atoms with Crippen molar-refractivity contribution < 1.29 is 33.0 Å². The molecule has 0 spiro atoms. The van der Waals surface area contributed by atoms with E-state index in [2.05, 4.69) is 0 Å². The van der Waals surface area contributed by atoms with E-state index in [9.17, 15) is 4.79 Å². The summed E-state index contributed by atoms with van der Waals surface area (Å²) >= 11 is 0. The number of benzene rings is 2. The predicted octanol–water partition coefficient (Wildman–Crippen LogP) is 3.32. The molecule has 0 saturated heterocycles. The zero-order chi connectivity index (χ0) is 22.4. The van der Waals surface area contributed by atoms with E-state index in [-0.39, 0.29) is 12.5 Å². The average molecular weight is 426 g/mol. The first kappa shape index (κ1) is 22.2. The molecule has 0 fully saturated rings. The van der Waals surface area contributed by atoms with Gasteiger partial charge >= 0.3 is 5.97 Å². The largest absolute Gasteiger partial charge is 0.493 e. The minimum absolute atomic E-state index is 0.112. The smallest absolute Gasteiger partial charge is 0.372 e. The van der Waals surface area contributed by atoms with Crippen LogP contribution < -0.4 is 23.5 Å². The standard InChI is InChI=1S/C24H28NO6/c1-6-31-24(26)15-25-10-9-17-13-22(29-4)23(30-5)14-18(17)19(25)11-16-7-8-20(27-2)21(12-16)28-3/h7-10,12-14H,6,11,15H2,1-5H3/q+1. The average Bonchev–Trinajstić information content (AvgIpc) is 2.79. The van der Waals surface area contributed by atoms with Crippen molar-refractivity contribution >= 4 is 16.7 Å². The number of esters is 1. The fraction of sp³-hybridized carbons (Fsp3) is 0.333. The molecule has 0 unspecified atom stereocenters. The Bertz CT molecular complexity index is 1080. The zero-order valence-corrected chi connectivity index (χ0v) is 18.6. The highest BCUT2D eigenvalue weighted by Gasteiger charge is 2.22. The van der Waals surface area contributed by atoms with Crippen LogP contribution in [-0.4, -0.2) is 41.0 Å². The molecular weight excluding hydrogens is 398 g/mol. The Morgan fingerprint density at radius 3 is 2.13 bits per heavy atom. The number of hydrogen-bond donors (Lipinski definition) is 0. The third-order valence-corrected chi connectivity index (χ3v) is 5.07. The maximum absolute atomic E-state index is 12.2. The van der Waals surface area contributed by atoms with Crippen molar-refractivity contribution in [2.45, 2.75) is 19.9 Å². The van der Waals surface area contributed by atoms with Crippen molar-refractivity contribution in [2.24, 2.45) is 0 Å². The van der Waals surface area contributed by atoms with Crippen molar-refractivity contribution in [1.29, 1.82) is 0 Å². The fourth-order valence-electron chi connectivity index (χ4n) is 3.57. The minimum Gasteiger partial charge on any atom is -0.493 e. The number of hydrogen-bond acceptors (Lipinski definition) is 6. The van der Waals surface area contributed by atoms with Crippen LogP contribution in [0.3, 0.4) is 0 Å². The predicted molar refractivity (Wildman–Crippen MR) is 116 cm³/mol. The molecule has 0 saturated carbocycles. The van der Waals surface area contributed by atoms with E-state index >= 15 is 0 Å². The third-order valence-electron chi connectivity index (χ3n) is 5.07. The lowest BCUT2D eigenvalue weighted by Gasteiger charge is -2.13. The van der Waals surface area contributed by atoms with Gasteiger partial charge in [0.25, 0.3) is 0 Å². The van der Waals surface area contributed by atoms with Gasteiger partial charge in [0.15, 0.2) is 34.9 Å². The van der Waals surface area contributed by atoms with Crippen LogP contribution in [0.2, 0.25) is 0 Å². The SMILES string of the molecule is CCOC(=O)C[n+]1ccc2cc(OC)c(OC)cc2c1Cc1ccc(OC)c(OC)c1. The molecule has 0 N–H and O–H groups in total. The fourth-order valence-corrected chi connectivity index (χ4v) is 3.57. The molecule has 0 aliphatic heterocycles. The van der Waals surface area contributed by atoms with Crippen molar-refractivity contribution in [3.05, 3.63) is 53.9 Å². The Kier molecular flexibility index (Phi) is 7.18. The Labute approximate surface area is 182 Å². The molecule has 0 atom stereocenters. The minimum atomic E-state index is -0.291. The molecule has 2 aromatic carbocycles. The highest BCUT2D eigenvalue weighted by Crippen LogP contribution is 2.34. The summed E-state index contributed by atoms with van der Waals surface area (Å²) < 4.78 is 28.8. The van der Waals surface area contributed by atoms with Crippen LogP contribution in [0.1, 0.15) is 18.2 Å². The van der Waals surface area contributed by atoms with E-state index in [0.29, 0.717) is 36.0 Å². The zero-order valence-electron chi connectivity index (χ0n) is 18.6. The van der Waals surface area contributed by atoms with Gasteiger partial charge in [-0.3, -0.25) is 0 Å². The summed E-state index contributed by atoms with van der Waals surface area (Å²) in [5, 5.41) is 1.94. The topological polar surface area (TPSA) is 67.1 Å². The molecule has 3 aromatic rings. The number of carbonyl (C=O) groups is 1. The number of fused-ring (bicyclic) bond motifs is 1. The summed E-state index contributed by atoms with van der Waals surface area (Å²) in [5.74, 6) is 2.29. The summed E-state index contributed by atoms with van der Waals surface area (Å²) in [6, 6.07) is 11.6. The second-order valence-electron chi connectivity index (χ2n) is 6.86. The van der Waals surface area contributed by atoms with Crippen molar-refractivity contribution in [2.75, 3.05) is 35.0 Å². The van der Waals surface area contributed by atoms with Crippen molar-refractivity contribution in [1.82, 2.24) is 0 Å². The van der Waals surface area contributed by atoms with Crippen LogP contribution in [0.15, 0.2) is 42.6 Å². The molecule has 0 amide bonds. The molecule has 7 nitrogen and oxygen atoms in total. The van der Waals surface area contributed by atoms with Gasteiger partial charge in [0.05, 0.1) is 46.9 Å². The van der Waals surface area contributed by atoms with E-state index in [1.807, 2.05) is 47.2 Å². The van der Waals surface area contributed by atoms with Crippen molar-refractivity contribution in [3.8, 4) is 23.0 Å². The number of pyridine rings is 1. The number of carbonyl (C=O) groups excluding carboxylic acids is 1. The van der Waals surface area contributed by atoms with Gasteiger partial charge in [-0.05, 0) is 42.1 Å². The Morgan fingerprint density at radius 1 is 0.839 bits per heavy atom. The van der Waals surface area contributed by atoms with Crippen LogP contribution in [0.5, 0.6) is 23.0 Å². The number of ether oxygens (including phenoxy) is 5. The van der Waals surface area contributed by atoms with Crippen LogP contribution >= 0.6 is 0 Å². The summed E-state index contributed by atoms with van der Waals surface area (Å²) in [6.45, 7) is 2.24. The molecule has 7 heteroatoms. The summed E-state index contributed by atoms with van der Waals surface area (Å²) in [5.41, 5.74) is 1.95. The summed E-state index contributed by atoms with van der Waals surface area (Å²) in [4.78, 5) is 12.2. The normalized spacial score (nSPS) is 10.6. The first-order valence-corrected chi connectivity index (χ1v) is 9.98. The summed E-state index contributed by atoms with van der Waals surface area (Å²) in [6.07, 6.45) is 2.45. The second kappa shape index (κ2) is 10.0.